The summed E-state index contributed by atoms with van der Waals surface area (Å²) in [5.41, 5.74) is 6.50. The zero-order valence-corrected chi connectivity index (χ0v) is 16.8. The van der Waals surface area contributed by atoms with Crippen LogP contribution in [-0.2, 0) is 0 Å². The van der Waals surface area contributed by atoms with Crippen molar-refractivity contribution in [2.75, 3.05) is 24.0 Å². The quantitative estimate of drug-likeness (QED) is 0.677. The second-order valence-electron chi connectivity index (χ2n) is 7.41. The third kappa shape index (κ3) is 3.60. The molecule has 0 amide bonds. The van der Waals surface area contributed by atoms with Crippen LogP contribution in [0.1, 0.15) is 35.0 Å². The van der Waals surface area contributed by atoms with E-state index in [-0.39, 0.29) is 6.04 Å². The lowest BCUT2D eigenvalue weighted by molar-refractivity contribution is 0.683. The van der Waals surface area contributed by atoms with E-state index < -0.39 is 0 Å². The minimum Gasteiger partial charge on any atom is -0.378 e. The SMILES string of the molecule is Cc1cc(C)nc(N2N=C(c3ccccc3)CC2c2ccc(N(C)C)cc2)n1. The summed E-state index contributed by atoms with van der Waals surface area (Å²) in [5.74, 6) is 0.658. The van der Waals surface area contributed by atoms with Gasteiger partial charge in [0.15, 0.2) is 0 Å². The lowest BCUT2D eigenvalue weighted by Gasteiger charge is -2.23. The Morgan fingerprint density at radius 1 is 0.893 bits per heavy atom. The highest BCUT2D eigenvalue weighted by Crippen LogP contribution is 2.35. The molecule has 3 aromatic rings. The molecule has 0 N–H and O–H groups in total. The van der Waals surface area contributed by atoms with Crippen LogP contribution in [0.4, 0.5) is 11.6 Å². The first-order chi connectivity index (χ1) is 13.5. The minimum atomic E-state index is 0.0765. The van der Waals surface area contributed by atoms with E-state index in [1.807, 2.05) is 31.0 Å². The standard InChI is InChI=1S/C23H25N5/c1-16-14-17(2)25-23(24-16)28-22(19-10-12-20(13-11-19)27(3)4)15-21(26-28)18-8-6-5-7-9-18/h5-14,22H,15H2,1-4H3. The fourth-order valence-electron chi connectivity index (χ4n) is 3.56. The molecule has 5 nitrogen and oxygen atoms in total. The first-order valence-corrected chi connectivity index (χ1v) is 9.53. The van der Waals surface area contributed by atoms with Gasteiger partial charge in [0.1, 0.15) is 0 Å². The Morgan fingerprint density at radius 2 is 1.54 bits per heavy atom. The highest BCUT2D eigenvalue weighted by Gasteiger charge is 2.31. The van der Waals surface area contributed by atoms with E-state index in [1.165, 1.54) is 11.3 Å². The van der Waals surface area contributed by atoms with E-state index >= 15 is 0 Å². The van der Waals surface area contributed by atoms with Gasteiger partial charge < -0.3 is 4.90 Å². The van der Waals surface area contributed by atoms with Gasteiger partial charge in [0.25, 0.3) is 0 Å². The van der Waals surface area contributed by atoms with Crippen molar-refractivity contribution in [3.8, 4) is 0 Å². The van der Waals surface area contributed by atoms with Crippen LogP contribution >= 0.6 is 0 Å². The number of benzene rings is 2. The Bertz CT molecular complexity index is 973. The summed E-state index contributed by atoms with van der Waals surface area (Å²) >= 11 is 0. The van der Waals surface area contributed by atoms with Crippen LogP contribution in [0.25, 0.3) is 0 Å². The zero-order valence-electron chi connectivity index (χ0n) is 16.8. The van der Waals surface area contributed by atoms with Gasteiger partial charge in [0.2, 0.25) is 5.95 Å². The van der Waals surface area contributed by atoms with Gasteiger partial charge in [-0.25, -0.2) is 15.0 Å². The van der Waals surface area contributed by atoms with Crippen molar-refractivity contribution < 1.29 is 0 Å². The van der Waals surface area contributed by atoms with Crippen molar-refractivity contribution in [3.05, 3.63) is 83.2 Å². The molecule has 0 bridgehead atoms. The molecule has 0 spiro atoms. The van der Waals surface area contributed by atoms with Crippen LogP contribution < -0.4 is 9.91 Å². The maximum Gasteiger partial charge on any atom is 0.247 e. The maximum atomic E-state index is 4.94. The lowest BCUT2D eigenvalue weighted by atomic mass is 9.98. The lowest BCUT2D eigenvalue weighted by Crippen LogP contribution is -2.21. The summed E-state index contributed by atoms with van der Waals surface area (Å²) in [6.45, 7) is 3.99. The van der Waals surface area contributed by atoms with Crippen molar-refractivity contribution in [2.24, 2.45) is 5.10 Å². The molecule has 1 aromatic heterocycles. The molecule has 1 aliphatic heterocycles. The zero-order chi connectivity index (χ0) is 19.7. The average Bonchev–Trinajstić information content (AvgIpc) is 3.13. The molecule has 1 unspecified atom stereocenters. The van der Waals surface area contributed by atoms with Gasteiger partial charge >= 0.3 is 0 Å². The number of nitrogens with zero attached hydrogens (tertiary/aromatic N) is 5. The molecule has 28 heavy (non-hydrogen) atoms. The topological polar surface area (TPSA) is 44.6 Å². The Labute approximate surface area is 166 Å². The van der Waals surface area contributed by atoms with Gasteiger partial charge in [-0.3, -0.25) is 0 Å². The summed E-state index contributed by atoms with van der Waals surface area (Å²) in [7, 11) is 4.10. The Morgan fingerprint density at radius 3 is 2.14 bits per heavy atom. The van der Waals surface area contributed by atoms with Crippen molar-refractivity contribution in [1.29, 1.82) is 0 Å². The van der Waals surface area contributed by atoms with Crippen LogP contribution in [0.15, 0.2) is 65.8 Å². The molecule has 0 saturated heterocycles. The maximum absolute atomic E-state index is 4.94. The normalized spacial score (nSPS) is 16.2. The van der Waals surface area contributed by atoms with E-state index in [0.29, 0.717) is 5.95 Å². The molecule has 2 heterocycles. The van der Waals surface area contributed by atoms with Gasteiger partial charge in [-0.05, 0) is 43.2 Å². The average molecular weight is 371 g/mol. The second kappa shape index (κ2) is 7.43. The van der Waals surface area contributed by atoms with Crippen molar-refractivity contribution in [1.82, 2.24) is 9.97 Å². The van der Waals surface area contributed by atoms with Crippen molar-refractivity contribution in [2.45, 2.75) is 26.3 Å². The Balaban J connectivity index is 1.75. The summed E-state index contributed by atoms with van der Waals surface area (Å²) in [5, 5.41) is 6.92. The van der Waals surface area contributed by atoms with E-state index in [2.05, 4.69) is 77.5 Å². The van der Waals surface area contributed by atoms with Gasteiger partial charge in [-0.1, -0.05) is 42.5 Å². The number of aromatic nitrogens is 2. The second-order valence-corrected chi connectivity index (χ2v) is 7.41. The van der Waals surface area contributed by atoms with Gasteiger partial charge in [0.05, 0.1) is 11.8 Å². The fraction of sp³-hybridized carbons (Fsp3) is 0.261. The van der Waals surface area contributed by atoms with E-state index in [9.17, 15) is 0 Å². The Kier molecular flexibility index (Phi) is 4.82. The minimum absolute atomic E-state index is 0.0765. The van der Waals surface area contributed by atoms with Crippen molar-refractivity contribution >= 4 is 17.3 Å². The molecule has 4 rings (SSSR count). The first-order valence-electron chi connectivity index (χ1n) is 9.53. The predicted octanol–water partition coefficient (Wildman–Crippen LogP) is 4.52. The molecule has 0 radical (unpaired) electrons. The van der Waals surface area contributed by atoms with E-state index in [1.54, 1.807) is 0 Å². The summed E-state index contributed by atoms with van der Waals surface area (Å²) in [6.07, 6.45) is 0.821. The summed E-state index contributed by atoms with van der Waals surface area (Å²) in [6, 6.07) is 21.1. The third-order valence-electron chi connectivity index (χ3n) is 4.99. The first kappa shape index (κ1) is 18.2. The molecule has 142 valence electrons. The molecule has 2 aromatic carbocycles. The number of aryl methyl sites for hydroxylation is 2. The van der Waals surface area contributed by atoms with Gasteiger partial charge in [0, 0.05) is 37.6 Å². The van der Waals surface area contributed by atoms with Crippen LogP contribution in [0.3, 0.4) is 0 Å². The largest absolute Gasteiger partial charge is 0.378 e. The fourth-order valence-corrected chi connectivity index (χ4v) is 3.56. The molecule has 5 heteroatoms. The van der Waals surface area contributed by atoms with E-state index in [4.69, 9.17) is 5.10 Å². The molecule has 1 atom stereocenters. The van der Waals surface area contributed by atoms with Gasteiger partial charge in [-0.2, -0.15) is 5.10 Å². The van der Waals surface area contributed by atoms with Gasteiger partial charge in [-0.15, -0.1) is 0 Å². The molecule has 0 fully saturated rings. The number of anilines is 2. The van der Waals surface area contributed by atoms with Crippen molar-refractivity contribution in [3.63, 3.8) is 0 Å². The van der Waals surface area contributed by atoms with Crippen LogP contribution in [0.5, 0.6) is 0 Å². The van der Waals surface area contributed by atoms with E-state index in [0.717, 1.165) is 29.1 Å². The highest BCUT2D eigenvalue weighted by atomic mass is 15.5. The van der Waals surface area contributed by atoms with Crippen LogP contribution in [0, 0.1) is 13.8 Å². The van der Waals surface area contributed by atoms with Crippen LogP contribution in [0.2, 0.25) is 0 Å². The molecule has 0 saturated carbocycles. The number of rotatable bonds is 4. The molecule has 0 aliphatic carbocycles. The summed E-state index contributed by atoms with van der Waals surface area (Å²) < 4.78 is 0. The number of hydrogen-bond donors (Lipinski definition) is 0. The Hall–Kier alpha value is -3.21. The third-order valence-corrected chi connectivity index (χ3v) is 4.99. The number of hydrogen-bond acceptors (Lipinski definition) is 5. The molecular weight excluding hydrogens is 346 g/mol. The highest BCUT2D eigenvalue weighted by molar-refractivity contribution is 6.03. The predicted molar refractivity (Wildman–Crippen MR) is 115 cm³/mol. The summed E-state index contributed by atoms with van der Waals surface area (Å²) in [4.78, 5) is 11.4. The molecular formula is C23H25N5. The monoisotopic (exact) mass is 371 g/mol. The smallest absolute Gasteiger partial charge is 0.247 e. The number of hydrazone groups is 1. The molecule has 1 aliphatic rings. The van der Waals surface area contributed by atoms with Crippen LogP contribution in [-0.4, -0.2) is 29.8 Å².